The SMILES string of the molecule is CNc1cc(F)c(F)c2c1[nH]c1ncc(-c3ccc4ccc(C(=O)O)c(=O)n4c3)c(N(C)CCC3C[C@H]3N)c12. The number of nitrogens with one attached hydrogen (secondary N) is 2. The Bertz CT molecular complexity index is 1860. The number of benzene rings is 1. The number of nitrogens with zero attached hydrogens (tertiary/aromatic N) is 3. The Labute approximate surface area is 220 Å². The molecule has 0 radical (unpaired) electrons. The van der Waals surface area contributed by atoms with E-state index in [4.69, 9.17) is 5.73 Å². The third-order valence-electron chi connectivity index (χ3n) is 7.62. The van der Waals surface area contributed by atoms with Crippen LogP contribution in [0.4, 0.5) is 20.2 Å². The second-order valence-electron chi connectivity index (χ2n) is 10.0. The molecule has 0 saturated heterocycles. The van der Waals surface area contributed by atoms with Crippen LogP contribution in [0, 0.1) is 17.6 Å². The number of H-pyrrole nitrogens is 1. The first-order chi connectivity index (χ1) is 18.7. The van der Waals surface area contributed by atoms with E-state index in [9.17, 15) is 19.1 Å². The second-order valence-corrected chi connectivity index (χ2v) is 10.0. The lowest BCUT2D eigenvalue weighted by molar-refractivity contribution is 0.0694. The van der Waals surface area contributed by atoms with Crippen LogP contribution in [-0.4, -0.2) is 52.1 Å². The number of carbonyl (C=O) groups is 1. The summed E-state index contributed by atoms with van der Waals surface area (Å²) in [4.78, 5) is 34.1. The monoisotopic (exact) mass is 532 g/mol. The lowest BCUT2D eigenvalue weighted by Gasteiger charge is -2.24. The zero-order valence-electron chi connectivity index (χ0n) is 21.3. The number of carboxylic acid groups (broad SMARTS) is 1. The lowest BCUT2D eigenvalue weighted by atomic mass is 10.0. The number of nitrogens with two attached hydrogens (primary N) is 1. The molecule has 1 saturated carbocycles. The smallest absolute Gasteiger partial charge is 0.341 e. The lowest BCUT2D eigenvalue weighted by Crippen LogP contribution is -2.22. The predicted octanol–water partition coefficient (Wildman–Crippen LogP) is 4.19. The van der Waals surface area contributed by atoms with Crippen molar-refractivity contribution in [3.05, 3.63) is 70.3 Å². The Kier molecular flexibility index (Phi) is 5.76. The van der Waals surface area contributed by atoms with Crippen molar-refractivity contribution in [2.24, 2.45) is 11.7 Å². The normalized spacial score (nSPS) is 16.7. The molecule has 200 valence electrons. The van der Waals surface area contributed by atoms with Gasteiger partial charge in [-0.05, 0) is 37.0 Å². The third kappa shape index (κ3) is 3.97. The van der Waals surface area contributed by atoms with Crippen molar-refractivity contribution in [3.63, 3.8) is 0 Å². The predicted molar refractivity (Wildman–Crippen MR) is 147 cm³/mol. The van der Waals surface area contributed by atoms with Crippen LogP contribution in [0.3, 0.4) is 0 Å². The molecular formula is C28H26F2N6O3. The zero-order chi connectivity index (χ0) is 27.6. The minimum absolute atomic E-state index is 0.0693. The summed E-state index contributed by atoms with van der Waals surface area (Å²) in [6.45, 7) is 0.601. The summed E-state index contributed by atoms with van der Waals surface area (Å²) in [5.74, 6) is -2.91. The van der Waals surface area contributed by atoms with Crippen LogP contribution >= 0.6 is 0 Å². The highest BCUT2D eigenvalue weighted by molar-refractivity contribution is 6.18. The van der Waals surface area contributed by atoms with Crippen LogP contribution < -0.4 is 21.5 Å². The van der Waals surface area contributed by atoms with Gasteiger partial charge in [0.25, 0.3) is 5.56 Å². The molecule has 39 heavy (non-hydrogen) atoms. The van der Waals surface area contributed by atoms with Gasteiger partial charge < -0.3 is 26.0 Å². The molecule has 9 nitrogen and oxygen atoms in total. The summed E-state index contributed by atoms with van der Waals surface area (Å²) in [5, 5.41) is 12.8. The van der Waals surface area contributed by atoms with E-state index in [2.05, 4.69) is 15.3 Å². The van der Waals surface area contributed by atoms with Gasteiger partial charge in [-0.1, -0.05) is 6.07 Å². The second kappa shape index (κ2) is 9.05. The van der Waals surface area contributed by atoms with Crippen LogP contribution in [0.15, 0.2) is 47.5 Å². The molecule has 0 bridgehead atoms. The Morgan fingerprint density at radius 1 is 1.28 bits per heavy atom. The number of anilines is 2. The molecule has 5 aromatic rings. The van der Waals surface area contributed by atoms with Crippen LogP contribution in [0.2, 0.25) is 0 Å². The van der Waals surface area contributed by atoms with Crippen molar-refractivity contribution in [1.82, 2.24) is 14.4 Å². The molecule has 6 rings (SSSR count). The Morgan fingerprint density at radius 3 is 2.72 bits per heavy atom. The van der Waals surface area contributed by atoms with Gasteiger partial charge in [-0.2, -0.15) is 0 Å². The molecule has 1 unspecified atom stereocenters. The maximum atomic E-state index is 15.4. The van der Waals surface area contributed by atoms with E-state index in [1.54, 1.807) is 37.6 Å². The van der Waals surface area contributed by atoms with Gasteiger partial charge in [0.15, 0.2) is 11.6 Å². The number of aromatic nitrogens is 3. The Balaban J connectivity index is 1.64. The highest BCUT2D eigenvalue weighted by atomic mass is 19.2. The van der Waals surface area contributed by atoms with Crippen molar-refractivity contribution in [1.29, 1.82) is 0 Å². The number of aromatic carboxylic acids is 1. The van der Waals surface area contributed by atoms with E-state index in [1.807, 2.05) is 11.9 Å². The van der Waals surface area contributed by atoms with Gasteiger partial charge in [0.1, 0.15) is 11.2 Å². The van der Waals surface area contributed by atoms with Gasteiger partial charge in [0, 0.05) is 61.8 Å². The van der Waals surface area contributed by atoms with Crippen molar-refractivity contribution in [3.8, 4) is 11.1 Å². The highest BCUT2D eigenvalue weighted by Gasteiger charge is 2.33. The summed E-state index contributed by atoms with van der Waals surface area (Å²) in [6.07, 6.45) is 4.93. The van der Waals surface area contributed by atoms with E-state index < -0.39 is 23.2 Å². The molecule has 0 amide bonds. The molecule has 4 aromatic heterocycles. The molecule has 0 aliphatic heterocycles. The van der Waals surface area contributed by atoms with Gasteiger partial charge in [0.05, 0.1) is 27.7 Å². The van der Waals surface area contributed by atoms with E-state index in [0.717, 1.165) is 18.9 Å². The summed E-state index contributed by atoms with van der Waals surface area (Å²) >= 11 is 0. The molecule has 1 fully saturated rings. The number of aromatic amines is 1. The van der Waals surface area contributed by atoms with E-state index in [-0.39, 0.29) is 17.0 Å². The number of halogens is 2. The fourth-order valence-corrected chi connectivity index (χ4v) is 5.34. The maximum absolute atomic E-state index is 15.4. The number of carboxylic acids is 1. The molecule has 5 N–H and O–H groups in total. The quantitative estimate of drug-likeness (QED) is 0.247. The molecule has 11 heteroatoms. The van der Waals surface area contributed by atoms with Gasteiger partial charge in [-0.25, -0.2) is 18.6 Å². The number of hydrogen-bond donors (Lipinski definition) is 4. The maximum Gasteiger partial charge on any atom is 0.341 e. The number of hydrogen-bond acceptors (Lipinski definition) is 6. The first-order valence-corrected chi connectivity index (χ1v) is 12.6. The number of pyridine rings is 3. The fourth-order valence-electron chi connectivity index (χ4n) is 5.34. The van der Waals surface area contributed by atoms with Crippen LogP contribution in [0.1, 0.15) is 23.2 Å². The third-order valence-corrected chi connectivity index (χ3v) is 7.62. The molecule has 1 aromatic carbocycles. The van der Waals surface area contributed by atoms with Crippen LogP contribution in [0.5, 0.6) is 0 Å². The topological polar surface area (TPSA) is 129 Å². The highest BCUT2D eigenvalue weighted by Crippen LogP contribution is 2.43. The van der Waals surface area contributed by atoms with Crippen molar-refractivity contribution >= 4 is 44.8 Å². The van der Waals surface area contributed by atoms with Crippen molar-refractivity contribution in [2.75, 3.05) is 30.9 Å². The van der Waals surface area contributed by atoms with Crippen LogP contribution in [-0.2, 0) is 0 Å². The summed E-state index contributed by atoms with van der Waals surface area (Å²) in [5.41, 5.74) is 8.41. The fraction of sp³-hybridized carbons (Fsp3) is 0.250. The van der Waals surface area contributed by atoms with E-state index >= 15 is 4.39 Å². The average molecular weight is 533 g/mol. The minimum Gasteiger partial charge on any atom is -0.477 e. The van der Waals surface area contributed by atoms with E-state index in [1.165, 1.54) is 10.5 Å². The molecule has 4 heterocycles. The Hall–Kier alpha value is -4.51. The zero-order valence-corrected chi connectivity index (χ0v) is 21.3. The molecule has 2 atom stereocenters. The first-order valence-electron chi connectivity index (χ1n) is 12.6. The van der Waals surface area contributed by atoms with Crippen molar-refractivity contribution < 1.29 is 18.7 Å². The molecule has 1 aliphatic rings. The summed E-state index contributed by atoms with van der Waals surface area (Å²) in [7, 11) is 3.50. The summed E-state index contributed by atoms with van der Waals surface area (Å²) in [6, 6.07) is 7.59. The molecule has 0 spiro atoms. The average Bonchev–Trinajstić information content (AvgIpc) is 3.49. The minimum atomic E-state index is -1.32. The van der Waals surface area contributed by atoms with E-state index in [0.29, 0.717) is 57.0 Å². The first kappa shape index (κ1) is 24.8. The number of rotatable bonds is 7. The summed E-state index contributed by atoms with van der Waals surface area (Å²) < 4.78 is 31.4. The molecule has 1 aliphatic carbocycles. The Morgan fingerprint density at radius 2 is 2.03 bits per heavy atom. The number of fused-ring (bicyclic) bond motifs is 4. The standard InChI is InChI=1S/C28H26F2N6O3/c1-32-20-10-18(29)23(30)21-22-25(35(2)8-7-13-9-19(13)31)17(11-33-26(22)34-24(20)21)14-3-4-15-5-6-16(28(38)39)27(37)36(15)12-14/h3-6,10-13,19,32H,7-9,31H2,1-2H3,(H,33,34)(H,38,39)/t13?,19-/m1/s1. The van der Waals surface area contributed by atoms with Gasteiger partial charge in [0.2, 0.25) is 0 Å². The van der Waals surface area contributed by atoms with Gasteiger partial charge >= 0.3 is 5.97 Å². The van der Waals surface area contributed by atoms with Gasteiger partial charge in [-0.3, -0.25) is 9.20 Å². The van der Waals surface area contributed by atoms with Crippen molar-refractivity contribution in [2.45, 2.75) is 18.9 Å². The van der Waals surface area contributed by atoms with Gasteiger partial charge in [-0.15, -0.1) is 0 Å². The largest absolute Gasteiger partial charge is 0.477 e. The van der Waals surface area contributed by atoms with Crippen LogP contribution in [0.25, 0.3) is 38.6 Å². The molecular weight excluding hydrogens is 506 g/mol.